The zero-order valence-electron chi connectivity index (χ0n) is 15.4. The van der Waals surface area contributed by atoms with Gasteiger partial charge in [-0.3, -0.25) is 0 Å². The van der Waals surface area contributed by atoms with E-state index < -0.39 is 19.9 Å². The van der Waals surface area contributed by atoms with Gasteiger partial charge in [0.1, 0.15) is 6.26 Å². The van der Waals surface area contributed by atoms with Crippen LogP contribution in [0.15, 0.2) is 70.2 Å². The maximum Gasteiger partial charge on any atom is 0.242 e. The largest absolute Gasteiger partial charge is 0.444 e. The van der Waals surface area contributed by atoms with Gasteiger partial charge in [0.25, 0.3) is 0 Å². The lowest BCUT2D eigenvalue weighted by Gasteiger charge is -2.12. The van der Waals surface area contributed by atoms with Crippen molar-refractivity contribution in [3.05, 3.63) is 72.1 Å². The number of aromatic nitrogens is 1. The molecule has 0 saturated carbocycles. The van der Waals surface area contributed by atoms with E-state index in [0.29, 0.717) is 17.1 Å². The van der Waals surface area contributed by atoms with Gasteiger partial charge in [0.2, 0.25) is 15.9 Å². The third-order valence-corrected chi connectivity index (χ3v) is 7.32. The van der Waals surface area contributed by atoms with Gasteiger partial charge in [-0.2, -0.15) is 0 Å². The molecule has 2 aromatic carbocycles. The number of nitrogens with zero attached hydrogens (tertiary/aromatic N) is 2. The van der Waals surface area contributed by atoms with Crippen molar-refractivity contribution in [1.29, 1.82) is 0 Å². The number of oxazole rings is 1. The highest BCUT2D eigenvalue weighted by molar-refractivity contribution is 7.90. The molecule has 0 radical (unpaired) electrons. The van der Waals surface area contributed by atoms with E-state index in [2.05, 4.69) is 4.98 Å². The van der Waals surface area contributed by atoms with Crippen LogP contribution in [0.3, 0.4) is 0 Å². The number of hydrogen-bond acceptors (Lipinski definition) is 6. The van der Waals surface area contributed by atoms with Crippen molar-refractivity contribution in [3.63, 3.8) is 0 Å². The Labute approximate surface area is 164 Å². The smallest absolute Gasteiger partial charge is 0.242 e. The molecule has 3 aromatic rings. The Kier molecular flexibility index (Phi) is 5.69. The minimum absolute atomic E-state index is 0.0537. The zero-order valence-corrected chi connectivity index (χ0v) is 17.1. The molecule has 0 atom stereocenters. The molecule has 1 aromatic heterocycles. The average Bonchev–Trinajstić information content (AvgIpc) is 3.09. The molecule has 0 aliphatic carbocycles. The van der Waals surface area contributed by atoms with Gasteiger partial charge < -0.3 is 4.42 Å². The van der Waals surface area contributed by atoms with Crippen molar-refractivity contribution in [2.45, 2.75) is 16.4 Å². The Bertz CT molecular complexity index is 1170. The zero-order chi connectivity index (χ0) is 20.4. The lowest BCUT2D eigenvalue weighted by Crippen LogP contribution is -2.22. The van der Waals surface area contributed by atoms with Crippen LogP contribution < -0.4 is 0 Å². The number of benzene rings is 2. The monoisotopic (exact) mass is 420 g/mol. The third kappa shape index (κ3) is 4.67. The summed E-state index contributed by atoms with van der Waals surface area (Å²) in [5.74, 6) is -0.240. The highest BCUT2D eigenvalue weighted by atomic mass is 32.2. The maximum absolute atomic E-state index is 12.6. The Morgan fingerprint density at radius 1 is 0.929 bits per heavy atom. The summed E-state index contributed by atoms with van der Waals surface area (Å²) in [4.78, 5) is 4.29. The highest BCUT2D eigenvalue weighted by Crippen LogP contribution is 2.21. The van der Waals surface area contributed by atoms with Gasteiger partial charge in [-0.15, -0.1) is 0 Å². The second-order valence-electron chi connectivity index (χ2n) is 6.48. The first-order valence-electron chi connectivity index (χ1n) is 8.39. The minimum Gasteiger partial charge on any atom is -0.444 e. The van der Waals surface area contributed by atoms with Crippen LogP contribution >= 0.6 is 0 Å². The van der Waals surface area contributed by atoms with Crippen LogP contribution in [0.25, 0.3) is 11.5 Å². The summed E-state index contributed by atoms with van der Waals surface area (Å²) in [5, 5.41) is 0. The van der Waals surface area contributed by atoms with Gasteiger partial charge in [0, 0.05) is 19.7 Å². The van der Waals surface area contributed by atoms with Crippen LogP contribution in [-0.4, -0.2) is 40.2 Å². The van der Waals surface area contributed by atoms with Crippen molar-refractivity contribution in [2.75, 3.05) is 14.1 Å². The molecule has 0 aliphatic rings. The van der Waals surface area contributed by atoms with Crippen LogP contribution in [0.1, 0.15) is 11.3 Å². The molecule has 0 N–H and O–H groups in total. The molecule has 28 heavy (non-hydrogen) atoms. The van der Waals surface area contributed by atoms with Crippen molar-refractivity contribution in [2.24, 2.45) is 0 Å². The lowest BCUT2D eigenvalue weighted by atomic mass is 10.2. The van der Waals surface area contributed by atoms with Crippen LogP contribution in [0, 0.1) is 0 Å². The Morgan fingerprint density at radius 2 is 1.64 bits per heavy atom. The molecular weight excluding hydrogens is 400 g/mol. The fraction of sp³-hybridized carbons (Fsp3) is 0.211. The second kappa shape index (κ2) is 7.86. The normalized spacial score (nSPS) is 12.4. The SMILES string of the molecule is CN(C)S(=O)(=O)c1cccc(CS(=O)(=O)Cc2coc(-c3ccccc3)n2)c1. The van der Waals surface area contributed by atoms with E-state index in [1.54, 1.807) is 6.07 Å². The Morgan fingerprint density at radius 3 is 2.32 bits per heavy atom. The fourth-order valence-electron chi connectivity index (χ4n) is 2.62. The second-order valence-corrected chi connectivity index (χ2v) is 10.7. The molecule has 9 heteroatoms. The predicted molar refractivity (Wildman–Crippen MR) is 106 cm³/mol. The van der Waals surface area contributed by atoms with Gasteiger partial charge >= 0.3 is 0 Å². The molecule has 0 bridgehead atoms. The Balaban J connectivity index is 1.77. The molecular formula is C19H20N2O5S2. The standard InChI is InChI=1S/C19H20N2O5S2/c1-21(2)28(24,25)18-10-6-7-15(11-18)13-27(22,23)14-17-12-26-19(20-17)16-8-4-3-5-9-16/h3-12H,13-14H2,1-2H3. The average molecular weight is 421 g/mol. The first-order valence-corrected chi connectivity index (χ1v) is 11.7. The first kappa shape index (κ1) is 20.2. The van der Waals surface area contributed by atoms with Crippen LogP contribution in [-0.2, 0) is 31.4 Å². The summed E-state index contributed by atoms with van der Waals surface area (Å²) in [7, 11) is -4.35. The molecule has 0 unspecified atom stereocenters. The molecule has 148 valence electrons. The van der Waals surface area contributed by atoms with E-state index in [0.717, 1.165) is 9.87 Å². The molecule has 0 fully saturated rings. The number of hydrogen-bond donors (Lipinski definition) is 0. The quantitative estimate of drug-likeness (QED) is 0.583. The van der Waals surface area contributed by atoms with Gasteiger partial charge in [-0.05, 0) is 29.8 Å². The van der Waals surface area contributed by atoms with E-state index in [9.17, 15) is 16.8 Å². The lowest BCUT2D eigenvalue weighted by molar-refractivity contribution is 0.520. The van der Waals surface area contributed by atoms with Gasteiger partial charge in [-0.1, -0.05) is 30.3 Å². The first-order chi connectivity index (χ1) is 13.2. The molecule has 7 nitrogen and oxygen atoms in total. The van der Waals surface area contributed by atoms with Crippen LogP contribution in [0.5, 0.6) is 0 Å². The van der Waals surface area contributed by atoms with Gasteiger partial charge in [0.15, 0.2) is 9.84 Å². The summed E-state index contributed by atoms with van der Waals surface area (Å²) < 4.78 is 56.1. The summed E-state index contributed by atoms with van der Waals surface area (Å²) in [5.41, 5.74) is 1.46. The van der Waals surface area contributed by atoms with E-state index >= 15 is 0 Å². The van der Waals surface area contributed by atoms with Crippen LogP contribution in [0.4, 0.5) is 0 Å². The van der Waals surface area contributed by atoms with Crippen molar-refractivity contribution in [3.8, 4) is 11.5 Å². The molecule has 0 spiro atoms. The molecule has 0 saturated heterocycles. The number of rotatable bonds is 7. The van der Waals surface area contributed by atoms with E-state index in [1.165, 1.54) is 38.6 Å². The summed E-state index contributed by atoms with van der Waals surface area (Å²) in [6, 6.07) is 15.1. The predicted octanol–water partition coefficient (Wildman–Crippen LogP) is 2.71. The highest BCUT2D eigenvalue weighted by Gasteiger charge is 2.20. The number of sulfonamides is 1. The van der Waals surface area contributed by atoms with E-state index in [-0.39, 0.29) is 16.4 Å². The fourth-order valence-corrected chi connectivity index (χ4v) is 4.97. The summed E-state index contributed by atoms with van der Waals surface area (Å²) in [6.07, 6.45) is 1.33. The Hall–Kier alpha value is -2.49. The van der Waals surface area contributed by atoms with Gasteiger partial charge in [0.05, 0.1) is 22.1 Å². The number of sulfone groups is 1. The van der Waals surface area contributed by atoms with Crippen LogP contribution in [0.2, 0.25) is 0 Å². The van der Waals surface area contributed by atoms with E-state index in [1.807, 2.05) is 30.3 Å². The summed E-state index contributed by atoms with van der Waals surface area (Å²) in [6.45, 7) is 0. The third-order valence-electron chi connectivity index (χ3n) is 4.00. The topological polar surface area (TPSA) is 97.6 Å². The van der Waals surface area contributed by atoms with Crippen molar-refractivity contribution < 1.29 is 21.3 Å². The molecule has 0 amide bonds. The van der Waals surface area contributed by atoms with Crippen molar-refractivity contribution in [1.82, 2.24) is 9.29 Å². The maximum atomic E-state index is 12.6. The van der Waals surface area contributed by atoms with Gasteiger partial charge in [-0.25, -0.2) is 26.1 Å². The minimum atomic E-state index is -3.63. The van der Waals surface area contributed by atoms with E-state index in [4.69, 9.17) is 4.42 Å². The molecule has 0 aliphatic heterocycles. The summed E-state index contributed by atoms with van der Waals surface area (Å²) >= 11 is 0. The molecule has 3 rings (SSSR count). The molecule has 1 heterocycles. The van der Waals surface area contributed by atoms with Crippen molar-refractivity contribution >= 4 is 19.9 Å².